The fourth-order valence-electron chi connectivity index (χ4n) is 2.53. The van der Waals surface area contributed by atoms with Crippen LogP contribution in [0.1, 0.15) is 12.5 Å². The third-order valence-corrected chi connectivity index (χ3v) is 3.89. The zero-order chi connectivity index (χ0) is 18.0. The fourth-order valence-corrected chi connectivity index (χ4v) is 2.53. The van der Waals surface area contributed by atoms with Crippen molar-refractivity contribution in [3.8, 4) is 17.2 Å². The fraction of sp³-hybridized carbons (Fsp3) is 0.158. The summed E-state index contributed by atoms with van der Waals surface area (Å²) in [7, 11) is 3.07. The summed E-state index contributed by atoms with van der Waals surface area (Å²) >= 11 is 0. The van der Waals surface area contributed by atoms with E-state index in [-0.39, 0.29) is 11.7 Å². The van der Waals surface area contributed by atoms with Crippen LogP contribution in [0.3, 0.4) is 0 Å². The van der Waals surface area contributed by atoms with Gasteiger partial charge in [0.2, 0.25) is 0 Å². The molecule has 0 saturated carbocycles. The van der Waals surface area contributed by atoms with Gasteiger partial charge in [0.15, 0.2) is 11.5 Å². The third kappa shape index (κ3) is 3.19. The van der Waals surface area contributed by atoms with Crippen LogP contribution in [-0.4, -0.2) is 30.9 Å². The second kappa shape index (κ2) is 6.68. The molecule has 1 heterocycles. The van der Waals surface area contributed by atoms with Gasteiger partial charge >= 0.3 is 0 Å². The molecule has 0 spiro atoms. The van der Waals surface area contributed by atoms with Crippen molar-refractivity contribution >= 4 is 23.4 Å². The summed E-state index contributed by atoms with van der Waals surface area (Å²) in [6.07, 6.45) is 1.73. The molecule has 1 aliphatic heterocycles. The number of hydrogen-bond acceptors (Lipinski definition) is 5. The van der Waals surface area contributed by atoms with Crippen LogP contribution in [-0.2, 0) is 4.79 Å². The van der Waals surface area contributed by atoms with E-state index in [0.29, 0.717) is 28.5 Å². The first-order valence-corrected chi connectivity index (χ1v) is 7.66. The SMILES string of the molecule is COc1ccc(N2N=C(C)/C(=C/c3ccc(O)c(OC)c3)C2=O)cc1. The number of carbonyl (C=O) groups is 1. The van der Waals surface area contributed by atoms with E-state index in [2.05, 4.69) is 5.10 Å². The lowest BCUT2D eigenvalue weighted by molar-refractivity contribution is -0.114. The molecule has 0 aromatic heterocycles. The number of anilines is 1. The Morgan fingerprint density at radius 2 is 1.80 bits per heavy atom. The van der Waals surface area contributed by atoms with Gasteiger partial charge in [-0.25, -0.2) is 0 Å². The van der Waals surface area contributed by atoms with Crippen LogP contribution in [0.5, 0.6) is 17.2 Å². The van der Waals surface area contributed by atoms with Crippen molar-refractivity contribution in [3.05, 3.63) is 53.6 Å². The Kier molecular flexibility index (Phi) is 4.43. The largest absolute Gasteiger partial charge is 0.504 e. The molecule has 0 radical (unpaired) electrons. The van der Waals surface area contributed by atoms with Gasteiger partial charge in [-0.05, 0) is 55.0 Å². The summed E-state index contributed by atoms with van der Waals surface area (Å²) in [5, 5.41) is 15.4. The van der Waals surface area contributed by atoms with E-state index < -0.39 is 0 Å². The van der Waals surface area contributed by atoms with Gasteiger partial charge in [-0.2, -0.15) is 10.1 Å². The first-order chi connectivity index (χ1) is 12.0. The van der Waals surface area contributed by atoms with E-state index in [1.807, 2.05) is 0 Å². The number of hydrazone groups is 1. The second-order valence-corrected chi connectivity index (χ2v) is 5.49. The van der Waals surface area contributed by atoms with Crippen LogP contribution < -0.4 is 14.5 Å². The summed E-state index contributed by atoms with van der Waals surface area (Å²) in [4.78, 5) is 12.7. The number of methoxy groups -OCH3 is 2. The van der Waals surface area contributed by atoms with Crippen LogP contribution in [0.4, 0.5) is 5.69 Å². The van der Waals surface area contributed by atoms with Crippen LogP contribution in [0.25, 0.3) is 6.08 Å². The molecule has 1 aliphatic rings. The van der Waals surface area contributed by atoms with Crippen molar-refractivity contribution in [1.82, 2.24) is 0 Å². The van der Waals surface area contributed by atoms with Gasteiger partial charge in [0.05, 0.1) is 31.2 Å². The van der Waals surface area contributed by atoms with Crippen molar-refractivity contribution in [3.63, 3.8) is 0 Å². The van der Waals surface area contributed by atoms with Crippen LogP contribution in [0, 0.1) is 0 Å². The monoisotopic (exact) mass is 338 g/mol. The highest BCUT2D eigenvalue weighted by Gasteiger charge is 2.28. The smallest absolute Gasteiger partial charge is 0.280 e. The number of rotatable bonds is 4. The molecule has 0 atom stereocenters. The Balaban J connectivity index is 1.91. The number of amides is 1. The normalized spacial score (nSPS) is 15.5. The highest BCUT2D eigenvalue weighted by atomic mass is 16.5. The molecule has 0 fully saturated rings. The van der Waals surface area contributed by atoms with Crippen LogP contribution in [0.2, 0.25) is 0 Å². The van der Waals surface area contributed by atoms with Crippen molar-refractivity contribution < 1.29 is 19.4 Å². The molecule has 6 heteroatoms. The van der Waals surface area contributed by atoms with Gasteiger partial charge in [0.25, 0.3) is 5.91 Å². The Hall–Kier alpha value is -3.28. The Morgan fingerprint density at radius 3 is 2.44 bits per heavy atom. The summed E-state index contributed by atoms with van der Waals surface area (Å²) in [6.45, 7) is 1.78. The van der Waals surface area contributed by atoms with Gasteiger partial charge in [0, 0.05) is 0 Å². The molecule has 25 heavy (non-hydrogen) atoms. The third-order valence-electron chi connectivity index (χ3n) is 3.89. The lowest BCUT2D eigenvalue weighted by Gasteiger charge is -2.12. The van der Waals surface area contributed by atoms with Gasteiger partial charge in [-0.15, -0.1) is 0 Å². The second-order valence-electron chi connectivity index (χ2n) is 5.49. The topological polar surface area (TPSA) is 71.4 Å². The predicted molar refractivity (Wildman–Crippen MR) is 96.2 cm³/mol. The Labute approximate surface area is 145 Å². The van der Waals surface area contributed by atoms with E-state index >= 15 is 0 Å². The van der Waals surface area contributed by atoms with E-state index in [9.17, 15) is 9.90 Å². The van der Waals surface area contributed by atoms with Crippen LogP contribution in [0.15, 0.2) is 53.1 Å². The average Bonchev–Trinajstić information content (AvgIpc) is 2.91. The van der Waals surface area contributed by atoms with Crippen molar-refractivity contribution in [2.45, 2.75) is 6.92 Å². The minimum atomic E-state index is -0.213. The molecular weight excluding hydrogens is 320 g/mol. The zero-order valence-corrected chi connectivity index (χ0v) is 14.2. The molecule has 128 valence electrons. The molecule has 2 aromatic carbocycles. The number of benzene rings is 2. The quantitative estimate of drug-likeness (QED) is 0.869. The summed E-state index contributed by atoms with van der Waals surface area (Å²) in [5.41, 5.74) is 2.51. The molecule has 0 unspecified atom stereocenters. The molecule has 0 aliphatic carbocycles. The van der Waals surface area contributed by atoms with Gasteiger partial charge in [0.1, 0.15) is 5.75 Å². The highest BCUT2D eigenvalue weighted by molar-refractivity contribution is 6.32. The summed E-state index contributed by atoms with van der Waals surface area (Å²) in [6, 6.07) is 12.0. The number of hydrogen-bond donors (Lipinski definition) is 1. The first-order valence-electron chi connectivity index (χ1n) is 7.66. The molecule has 3 rings (SSSR count). The summed E-state index contributed by atoms with van der Waals surface area (Å²) in [5.74, 6) is 0.895. The Bertz CT molecular complexity index is 869. The van der Waals surface area contributed by atoms with E-state index in [1.165, 1.54) is 18.2 Å². The molecule has 6 nitrogen and oxygen atoms in total. The lowest BCUT2D eigenvalue weighted by atomic mass is 10.1. The average molecular weight is 338 g/mol. The van der Waals surface area contributed by atoms with E-state index in [0.717, 1.165) is 5.56 Å². The van der Waals surface area contributed by atoms with Gasteiger partial charge in [-0.3, -0.25) is 4.79 Å². The Morgan fingerprint density at radius 1 is 1.08 bits per heavy atom. The highest BCUT2D eigenvalue weighted by Crippen LogP contribution is 2.30. The van der Waals surface area contributed by atoms with Crippen molar-refractivity contribution in [1.29, 1.82) is 0 Å². The maximum Gasteiger partial charge on any atom is 0.280 e. The minimum absolute atomic E-state index is 0.0487. The molecule has 0 saturated heterocycles. The van der Waals surface area contributed by atoms with Gasteiger partial charge < -0.3 is 14.6 Å². The molecule has 1 amide bonds. The van der Waals surface area contributed by atoms with Gasteiger partial charge in [-0.1, -0.05) is 6.07 Å². The first kappa shape index (κ1) is 16.6. The molecule has 2 aromatic rings. The molecule has 1 N–H and O–H groups in total. The lowest BCUT2D eigenvalue weighted by Crippen LogP contribution is -2.21. The summed E-state index contributed by atoms with van der Waals surface area (Å²) < 4.78 is 10.2. The molecule has 0 bridgehead atoms. The van der Waals surface area contributed by atoms with E-state index in [4.69, 9.17) is 9.47 Å². The predicted octanol–water partition coefficient (Wildman–Crippen LogP) is 3.22. The number of ether oxygens (including phenoxy) is 2. The maximum absolute atomic E-state index is 12.7. The number of phenolic OH excluding ortho intramolecular Hbond substituents is 1. The zero-order valence-electron chi connectivity index (χ0n) is 14.2. The number of carbonyl (C=O) groups excluding carboxylic acids is 1. The van der Waals surface area contributed by atoms with Crippen molar-refractivity contribution in [2.24, 2.45) is 5.10 Å². The maximum atomic E-state index is 12.7. The number of phenols is 1. The van der Waals surface area contributed by atoms with Crippen LogP contribution >= 0.6 is 0 Å². The van der Waals surface area contributed by atoms with Crippen molar-refractivity contribution in [2.75, 3.05) is 19.2 Å². The standard InChI is InChI=1S/C19H18N2O4/c1-12-16(10-13-4-9-17(22)18(11-13)25-3)19(23)21(20-12)14-5-7-15(24-2)8-6-14/h4-11,22H,1-3H3/b16-10-. The molecular formula is C19H18N2O4. The minimum Gasteiger partial charge on any atom is -0.504 e. The number of nitrogens with zero attached hydrogens (tertiary/aromatic N) is 2. The number of aromatic hydroxyl groups is 1. The van der Waals surface area contributed by atoms with E-state index in [1.54, 1.807) is 56.5 Å².